The van der Waals surface area contributed by atoms with Gasteiger partial charge in [0.1, 0.15) is 11.8 Å². The molecule has 0 saturated carbocycles. The summed E-state index contributed by atoms with van der Waals surface area (Å²) >= 11 is 3.34. The Morgan fingerprint density at radius 2 is 2.04 bits per heavy atom. The Bertz CT molecular complexity index is 779. The number of nitrogens with zero attached hydrogens (tertiary/aromatic N) is 3. The standard InChI is InChI=1S/C18H19BrN4O3/c19-15-1-2-16(24)14(11-15)12-21-22-18(25)17(13-3-5-20-6-4-13)23-7-9-26-10-8-23/h1-6,11-12,17,24H,7-10H2,(H,22,25)/b21-12-/t17-/m0/s1. The van der Waals surface area contributed by atoms with Gasteiger partial charge in [-0.3, -0.25) is 14.7 Å². The van der Waals surface area contributed by atoms with Gasteiger partial charge in [0.15, 0.2) is 0 Å². The summed E-state index contributed by atoms with van der Waals surface area (Å²) in [6.07, 6.45) is 4.75. The Kier molecular flexibility index (Phi) is 6.32. The average molecular weight is 419 g/mol. The fourth-order valence-electron chi connectivity index (χ4n) is 2.76. The van der Waals surface area contributed by atoms with Crippen LogP contribution in [0.4, 0.5) is 0 Å². The zero-order valence-corrected chi connectivity index (χ0v) is 15.6. The molecule has 2 N–H and O–H groups in total. The molecular weight excluding hydrogens is 400 g/mol. The number of hydrazone groups is 1. The van der Waals surface area contributed by atoms with E-state index in [1.807, 2.05) is 12.1 Å². The fraction of sp³-hybridized carbons (Fsp3) is 0.278. The average Bonchev–Trinajstić information content (AvgIpc) is 2.66. The molecule has 3 rings (SSSR count). The van der Waals surface area contributed by atoms with Crippen LogP contribution in [0.5, 0.6) is 5.75 Å². The Morgan fingerprint density at radius 3 is 2.77 bits per heavy atom. The van der Waals surface area contributed by atoms with Gasteiger partial charge in [0.25, 0.3) is 5.91 Å². The van der Waals surface area contributed by atoms with Gasteiger partial charge in [-0.15, -0.1) is 0 Å². The molecule has 2 heterocycles. The lowest BCUT2D eigenvalue weighted by molar-refractivity contribution is -0.128. The summed E-state index contributed by atoms with van der Waals surface area (Å²) in [5.74, 6) is -0.158. The summed E-state index contributed by atoms with van der Waals surface area (Å²) in [5.41, 5.74) is 3.93. The first-order chi connectivity index (χ1) is 12.6. The third-order valence-corrected chi connectivity index (χ3v) is 4.54. The molecule has 0 unspecified atom stereocenters. The summed E-state index contributed by atoms with van der Waals surface area (Å²) in [6.45, 7) is 2.50. The maximum atomic E-state index is 12.8. The second-order valence-corrected chi connectivity index (χ2v) is 6.68. The highest BCUT2D eigenvalue weighted by atomic mass is 79.9. The van der Waals surface area contributed by atoms with Crippen LogP contribution >= 0.6 is 15.9 Å². The molecule has 8 heteroatoms. The second kappa shape index (κ2) is 8.88. The predicted octanol–water partition coefficient (Wildman–Crippen LogP) is 2.07. The van der Waals surface area contributed by atoms with Gasteiger partial charge in [-0.05, 0) is 35.9 Å². The molecule has 2 aromatic rings. The van der Waals surface area contributed by atoms with Gasteiger partial charge in [-0.2, -0.15) is 5.10 Å². The zero-order valence-electron chi connectivity index (χ0n) is 14.0. The quantitative estimate of drug-likeness (QED) is 0.573. The maximum Gasteiger partial charge on any atom is 0.262 e. The van der Waals surface area contributed by atoms with Crippen molar-refractivity contribution in [3.63, 3.8) is 0 Å². The molecule has 1 atom stereocenters. The van der Waals surface area contributed by atoms with Crippen molar-refractivity contribution >= 4 is 28.1 Å². The van der Waals surface area contributed by atoms with Crippen LogP contribution in [0.3, 0.4) is 0 Å². The SMILES string of the molecule is O=C(N/N=C\c1cc(Br)ccc1O)[C@H](c1ccncc1)N1CCOCC1. The number of morpholine rings is 1. The van der Waals surface area contributed by atoms with E-state index in [2.05, 4.69) is 36.3 Å². The first kappa shape index (κ1) is 18.5. The molecule has 1 aliphatic heterocycles. The molecule has 0 aliphatic carbocycles. The van der Waals surface area contributed by atoms with E-state index >= 15 is 0 Å². The summed E-state index contributed by atoms with van der Waals surface area (Å²) < 4.78 is 6.19. The summed E-state index contributed by atoms with van der Waals surface area (Å²) in [5, 5.41) is 13.8. The van der Waals surface area contributed by atoms with Crippen LogP contribution < -0.4 is 5.43 Å². The number of phenolic OH excluding ortho intramolecular Hbond substituents is 1. The Balaban J connectivity index is 1.75. The lowest BCUT2D eigenvalue weighted by Gasteiger charge is -2.33. The molecule has 1 saturated heterocycles. The number of ether oxygens (including phenoxy) is 1. The van der Waals surface area contributed by atoms with E-state index in [-0.39, 0.29) is 11.7 Å². The number of pyridine rings is 1. The molecule has 0 bridgehead atoms. The van der Waals surface area contributed by atoms with Crippen molar-refractivity contribution in [2.45, 2.75) is 6.04 Å². The lowest BCUT2D eigenvalue weighted by atomic mass is 10.1. The highest BCUT2D eigenvalue weighted by molar-refractivity contribution is 9.10. The number of rotatable bonds is 5. The van der Waals surface area contributed by atoms with Gasteiger partial charge in [0, 0.05) is 35.5 Å². The smallest absolute Gasteiger partial charge is 0.262 e. The van der Waals surface area contributed by atoms with Crippen LogP contribution in [-0.4, -0.2) is 53.4 Å². The maximum absolute atomic E-state index is 12.8. The molecular formula is C18H19BrN4O3. The van der Waals surface area contributed by atoms with Crippen LogP contribution in [0.25, 0.3) is 0 Å². The number of hydrogen-bond donors (Lipinski definition) is 2. The van der Waals surface area contributed by atoms with Gasteiger partial charge in [-0.1, -0.05) is 15.9 Å². The monoisotopic (exact) mass is 418 g/mol. The minimum Gasteiger partial charge on any atom is -0.507 e. The molecule has 0 spiro atoms. The molecule has 1 aliphatic rings. The van der Waals surface area contributed by atoms with Crippen molar-refractivity contribution in [1.29, 1.82) is 0 Å². The third kappa shape index (κ3) is 4.66. The fourth-order valence-corrected chi connectivity index (χ4v) is 3.14. The number of nitrogens with one attached hydrogen (secondary N) is 1. The Labute approximate surface area is 159 Å². The topological polar surface area (TPSA) is 87.0 Å². The van der Waals surface area contributed by atoms with Crippen molar-refractivity contribution in [3.05, 3.63) is 58.3 Å². The molecule has 1 aromatic carbocycles. The van der Waals surface area contributed by atoms with E-state index in [4.69, 9.17) is 4.74 Å². The molecule has 1 fully saturated rings. The van der Waals surface area contributed by atoms with Gasteiger partial charge in [0.2, 0.25) is 0 Å². The van der Waals surface area contributed by atoms with Crippen LogP contribution in [0.15, 0.2) is 52.3 Å². The number of benzene rings is 1. The largest absolute Gasteiger partial charge is 0.507 e. The number of hydrogen-bond acceptors (Lipinski definition) is 6. The van der Waals surface area contributed by atoms with Crippen molar-refractivity contribution in [3.8, 4) is 5.75 Å². The van der Waals surface area contributed by atoms with E-state index in [9.17, 15) is 9.90 Å². The van der Waals surface area contributed by atoms with E-state index in [0.29, 0.717) is 31.9 Å². The van der Waals surface area contributed by atoms with Gasteiger partial charge in [0.05, 0.1) is 19.4 Å². The molecule has 7 nitrogen and oxygen atoms in total. The van der Waals surface area contributed by atoms with E-state index in [1.54, 1.807) is 30.6 Å². The number of carbonyl (C=O) groups excluding carboxylic acids is 1. The normalized spacial score (nSPS) is 16.5. The van der Waals surface area contributed by atoms with E-state index in [1.165, 1.54) is 6.21 Å². The van der Waals surface area contributed by atoms with Crippen LogP contribution in [-0.2, 0) is 9.53 Å². The van der Waals surface area contributed by atoms with Crippen molar-refractivity contribution in [2.24, 2.45) is 5.10 Å². The molecule has 26 heavy (non-hydrogen) atoms. The first-order valence-electron chi connectivity index (χ1n) is 8.18. The van der Waals surface area contributed by atoms with E-state index < -0.39 is 6.04 Å². The summed E-state index contributed by atoms with van der Waals surface area (Å²) in [4.78, 5) is 18.9. The van der Waals surface area contributed by atoms with Crippen LogP contribution in [0.1, 0.15) is 17.2 Å². The number of aromatic nitrogens is 1. The van der Waals surface area contributed by atoms with Gasteiger partial charge >= 0.3 is 0 Å². The number of aromatic hydroxyl groups is 1. The second-order valence-electron chi connectivity index (χ2n) is 5.77. The highest BCUT2D eigenvalue weighted by Gasteiger charge is 2.28. The minimum atomic E-state index is -0.477. The van der Waals surface area contributed by atoms with Crippen LogP contribution in [0, 0.1) is 0 Å². The summed E-state index contributed by atoms with van der Waals surface area (Å²) in [7, 11) is 0. The highest BCUT2D eigenvalue weighted by Crippen LogP contribution is 2.22. The molecule has 136 valence electrons. The third-order valence-electron chi connectivity index (χ3n) is 4.05. The predicted molar refractivity (Wildman–Crippen MR) is 101 cm³/mol. The van der Waals surface area contributed by atoms with Crippen molar-refractivity contribution < 1.29 is 14.6 Å². The number of carbonyl (C=O) groups is 1. The zero-order chi connectivity index (χ0) is 18.4. The lowest BCUT2D eigenvalue weighted by Crippen LogP contribution is -2.44. The molecule has 1 aromatic heterocycles. The van der Waals surface area contributed by atoms with Crippen LogP contribution in [0.2, 0.25) is 0 Å². The van der Waals surface area contributed by atoms with Crippen molar-refractivity contribution in [1.82, 2.24) is 15.3 Å². The Hall–Kier alpha value is -2.29. The summed E-state index contributed by atoms with van der Waals surface area (Å²) in [6, 6.07) is 8.17. The molecule has 1 amide bonds. The van der Waals surface area contributed by atoms with Crippen molar-refractivity contribution in [2.75, 3.05) is 26.3 Å². The number of phenols is 1. The van der Waals surface area contributed by atoms with Gasteiger partial charge in [-0.25, -0.2) is 5.43 Å². The number of amides is 1. The number of halogens is 1. The molecule has 0 radical (unpaired) electrons. The van der Waals surface area contributed by atoms with Gasteiger partial charge < -0.3 is 9.84 Å². The van der Waals surface area contributed by atoms with E-state index in [0.717, 1.165) is 10.0 Å². The minimum absolute atomic E-state index is 0.0880. The first-order valence-corrected chi connectivity index (χ1v) is 8.97. The Morgan fingerprint density at radius 1 is 1.31 bits per heavy atom.